The van der Waals surface area contributed by atoms with Crippen LogP contribution in [0.4, 0.5) is 10.5 Å². The largest absolute Gasteiger partial charge is 0.444 e. The van der Waals surface area contributed by atoms with Gasteiger partial charge in [-0.3, -0.25) is 15.1 Å². The molecule has 0 aromatic carbocycles. The number of aryl methyl sites for hydroxylation is 1. The highest BCUT2D eigenvalue weighted by Gasteiger charge is 2.34. The fourth-order valence-electron chi connectivity index (χ4n) is 3.54. The van der Waals surface area contributed by atoms with Crippen molar-refractivity contribution in [1.29, 1.82) is 0 Å². The lowest BCUT2D eigenvalue weighted by Crippen LogP contribution is -2.49. The number of aliphatic imine (C=N–C) groups is 1. The zero-order valence-electron chi connectivity index (χ0n) is 17.3. The minimum atomic E-state index is -0.473. The zero-order chi connectivity index (χ0) is 20.6. The van der Waals surface area contributed by atoms with E-state index in [-0.39, 0.29) is 12.1 Å². The summed E-state index contributed by atoms with van der Waals surface area (Å²) in [5.41, 5.74) is 8.88. The molecule has 10 heteroatoms. The molecule has 1 amide bonds. The van der Waals surface area contributed by atoms with Gasteiger partial charge >= 0.3 is 6.09 Å². The van der Waals surface area contributed by atoms with E-state index in [9.17, 15) is 4.79 Å². The third kappa shape index (κ3) is 4.30. The number of likely N-dealkylation sites (tertiary alicyclic amines) is 1. The van der Waals surface area contributed by atoms with Gasteiger partial charge in [-0.25, -0.2) is 14.8 Å². The molecule has 0 saturated carbocycles. The number of ether oxygens (including phenoxy) is 1. The van der Waals surface area contributed by atoms with Gasteiger partial charge in [-0.15, -0.1) is 0 Å². The number of aromatic nitrogens is 2. The number of hydrogen-bond acceptors (Lipinski definition) is 8. The van der Waals surface area contributed by atoms with E-state index in [0.717, 1.165) is 29.9 Å². The molecule has 1 aromatic heterocycles. The molecule has 10 nitrogen and oxygen atoms in total. The van der Waals surface area contributed by atoms with Crippen molar-refractivity contribution in [2.45, 2.75) is 45.3 Å². The first-order chi connectivity index (χ1) is 13.8. The highest BCUT2D eigenvalue weighted by molar-refractivity contribution is 5.68. The Morgan fingerprint density at radius 1 is 1.31 bits per heavy atom. The van der Waals surface area contributed by atoms with Gasteiger partial charge in [0.15, 0.2) is 0 Å². The molecule has 0 spiro atoms. The quantitative estimate of drug-likeness (QED) is 0.802. The summed E-state index contributed by atoms with van der Waals surface area (Å²) in [5.74, 6) is 0. The van der Waals surface area contributed by atoms with Crippen molar-refractivity contribution in [2.24, 2.45) is 12.0 Å². The van der Waals surface area contributed by atoms with Gasteiger partial charge in [-0.2, -0.15) is 5.10 Å². The number of carbonyl (C=O) groups is 1. The molecule has 1 saturated heterocycles. The second-order valence-electron chi connectivity index (χ2n) is 8.41. The molecule has 3 aliphatic rings. The number of amides is 1. The predicted octanol–water partition coefficient (Wildman–Crippen LogP) is 1.99. The number of nitrogens with zero attached hydrogens (tertiary/aromatic N) is 6. The Balaban J connectivity index is 1.37. The number of rotatable bonds is 3. The first-order valence-electron chi connectivity index (χ1n) is 9.82. The van der Waals surface area contributed by atoms with Gasteiger partial charge in [0.1, 0.15) is 23.3 Å². The lowest BCUT2D eigenvalue weighted by Gasteiger charge is -2.39. The van der Waals surface area contributed by atoms with E-state index in [2.05, 4.69) is 26.0 Å². The molecule has 0 unspecified atom stereocenters. The Bertz CT molecular complexity index is 858. The lowest BCUT2D eigenvalue weighted by molar-refractivity contribution is 0.0150. The molecule has 3 aliphatic heterocycles. The number of anilines is 1. The molecule has 29 heavy (non-hydrogen) atoms. The zero-order valence-corrected chi connectivity index (χ0v) is 17.3. The van der Waals surface area contributed by atoms with Crippen LogP contribution in [0.5, 0.6) is 0 Å². The Morgan fingerprint density at radius 3 is 2.72 bits per heavy atom. The van der Waals surface area contributed by atoms with E-state index < -0.39 is 5.60 Å². The van der Waals surface area contributed by atoms with Gasteiger partial charge in [-0.1, -0.05) is 0 Å². The number of hydrogen-bond donors (Lipinski definition) is 2. The average Bonchev–Trinajstić information content (AvgIpc) is 3.26. The van der Waals surface area contributed by atoms with E-state index in [1.807, 2.05) is 51.4 Å². The van der Waals surface area contributed by atoms with E-state index in [1.165, 1.54) is 0 Å². The summed E-state index contributed by atoms with van der Waals surface area (Å²) >= 11 is 0. The molecule has 0 radical (unpaired) electrons. The Labute approximate surface area is 170 Å². The minimum Gasteiger partial charge on any atom is -0.444 e. The van der Waals surface area contributed by atoms with Crippen LogP contribution >= 0.6 is 0 Å². The van der Waals surface area contributed by atoms with Crippen LogP contribution < -0.4 is 10.9 Å². The molecule has 156 valence electrons. The SMILES string of the molecule is Cn1cc(NN2C=NC3=CNN(C4CCN(C(=O)OC(C)(C)C)CC4)C3=C2)cn1. The molecule has 1 aromatic rings. The third-order valence-corrected chi connectivity index (χ3v) is 4.89. The summed E-state index contributed by atoms with van der Waals surface area (Å²) in [7, 11) is 1.88. The molecule has 0 aliphatic carbocycles. The summed E-state index contributed by atoms with van der Waals surface area (Å²) in [6, 6.07) is 0.266. The first-order valence-corrected chi connectivity index (χ1v) is 9.82. The van der Waals surface area contributed by atoms with E-state index in [0.29, 0.717) is 13.1 Å². The fourth-order valence-corrected chi connectivity index (χ4v) is 3.54. The van der Waals surface area contributed by atoms with Crippen LogP contribution in [-0.2, 0) is 11.8 Å². The molecule has 4 rings (SSSR count). The van der Waals surface area contributed by atoms with Crippen LogP contribution in [0.2, 0.25) is 0 Å². The van der Waals surface area contributed by atoms with Crippen LogP contribution in [0.15, 0.2) is 41.2 Å². The third-order valence-electron chi connectivity index (χ3n) is 4.89. The van der Waals surface area contributed by atoms with Crippen molar-refractivity contribution in [3.8, 4) is 0 Å². The molecule has 0 atom stereocenters. The number of carbonyl (C=O) groups excluding carboxylic acids is 1. The van der Waals surface area contributed by atoms with Gasteiger partial charge in [0.2, 0.25) is 0 Å². The summed E-state index contributed by atoms with van der Waals surface area (Å²) in [6.07, 6.45) is 10.8. The second kappa shape index (κ2) is 7.34. The Hall–Kier alpha value is -3.17. The van der Waals surface area contributed by atoms with E-state index in [1.54, 1.807) is 22.1 Å². The number of nitrogens with one attached hydrogen (secondary N) is 2. The molecule has 0 bridgehead atoms. The van der Waals surface area contributed by atoms with Crippen molar-refractivity contribution in [3.05, 3.63) is 36.2 Å². The van der Waals surface area contributed by atoms with Gasteiger partial charge in [0.05, 0.1) is 24.1 Å². The molecular weight excluding hydrogens is 372 g/mol. The number of fused-ring (bicyclic) bond motifs is 1. The molecular formula is C19H28N8O2. The van der Waals surface area contributed by atoms with Crippen molar-refractivity contribution in [3.63, 3.8) is 0 Å². The highest BCUT2D eigenvalue weighted by atomic mass is 16.6. The van der Waals surface area contributed by atoms with Crippen molar-refractivity contribution < 1.29 is 9.53 Å². The van der Waals surface area contributed by atoms with Gasteiger partial charge < -0.3 is 15.1 Å². The predicted molar refractivity (Wildman–Crippen MR) is 109 cm³/mol. The average molecular weight is 400 g/mol. The van der Waals surface area contributed by atoms with Crippen LogP contribution in [0.3, 0.4) is 0 Å². The van der Waals surface area contributed by atoms with E-state index >= 15 is 0 Å². The maximum absolute atomic E-state index is 12.3. The normalized spacial score (nSPS) is 19.5. The lowest BCUT2D eigenvalue weighted by atomic mass is 10.0. The highest BCUT2D eigenvalue weighted by Crippen LogP contribution is 2.29. The van der Waals surface area contributed by atoms with Crippen molar-refractivity contribution >= 4 is 18.1 Å². The maximum Gasteiger partial charge on any atom is 0.410 e. The van der Waals surface area contributed by atoms with Crippen LogP contribution in [0.1, 0.15) is 33.6 Å². The van der Waals surface area contributed by atoms with Crippen molar-refractivity contribution in [1.82, 2.24) is 30.1 Å². The van der Waals surface area contributed by atoms with Gasteiger partial charge in [0.25, 0.3) is 0 Å². The van der Waals surface area contributed by atoms with Gasteiger partial charge in [0, 0.05) is 32.5 Å². The van der Waals surface area contributed by atoms with Crippen LogP contribution in [-0.4, -0.2) is 61.9 Å². The summed E-state index contributed by atoms with van der Waals surface area (Å²) < 4.78 is 7.23. The second-order valence-corrected chi connectivity index (χ2v) is 8.41. The first kappa shape index (κ1) is 19.2. The van der Waals surface area contributed by atoms with Crippen LogP contribution in [0, 0.1) is 0 Å². The standard InChI is InChI=1S/C19H28N8O2/c1-19(2,3)29-18(28)25-7-5-15(6-8-25)27-17-12-26(13-20-16(17)10-22-27)23-14-9-21-24(4)11-14/h9-13,15,22-23H,5-8H2,1-4H3. The minimum absolute atomic E-state index is 0.238. The Kier molecular flexibility index (Phi) is 4.85. The molecule has 4 heterocycles. The smallest absolute Gasteiger partial charge is 0.410 e. The van der Waals surface area contributed by atoms with Crippen LogP contribution in [0.25, 0.3) is 0 Å². The fraction of sp³-hybridized carbons (Fsp3) is 0.526. The summed E-state index contributed by atoms with van der Waals surface area (Å²) in [4.78, 5) is 18.6. The number of piperidine rings is 1. The maximum atomic E-state index is 12.3. The summed E-state index contributed by atoms with van der Waals surface area (Å²) in [6.45, 7) is 7.00. The van der Waals surface area contributed by atoms with E-state index in [4.69, 9.17) is 4.74 Å². The van der Waals surface area contributed by atoms with Gasteiger partial charge in [-0.05, 0) is 33.6 Å². The number of hydrazine groups is 2. The van der Waals surface area contributed by atoms with Crippen molar-refractivity contribution in [2.75, 3.05) is 18.5 Å². The molecule has 2 N–H and O–H groups in total. The molecule has 1 fully saturated rings. The Morgan fingerprint density at radius 2 is 2.07 bits per heavy atom. The summed E-state index contributed by atoms with van der Waals surface area (Å²) in [5, 5.41) is 8.12. The topological polar surface area (TPSA) is 90.3 Å². The monoisotopic (exact) mass is 400 g/mol.